The first-order valence-electron chi connectivity index (χ1n) is 9.80. The van der Waals surface area contributed by atoms with Crippen LogP contribution in [0.5, 0.6) is 0 Å². The number of carbonyl (C=O) groups excluding carboxylic acids is 1. The number of hydrogen-bond donors (Lipinski definition) is 3. The SMILES string of the molecule is CC(C)C(=O)N1CCC[C@H](Nc2nc(C3=CNC4NC=C(Cl)C=C34)ncc2F)C1. The second-order valence-corrected chi connectivity index (χ2v) is 8.20. The van der Waals surface area contributed by atoms with E-state index in [9.17, 15) is 9.18 Å². The van der Waals surface area contributed by atoms with Gasteiger partial charge in [0.15, 0.2) is 17.5 Å². The molecule has 1 fully saturated rings. The predicted molar refractivity (Wildman–Crippen MR) is 110 cm³/mol. The Kier molecular flexibility index (Phi) is 5.45. The van der Waals surface area contributed by atoms with Crippen LogP contribution < -0.4 is 16.0 Å². The first kappa shape index (κ1) is 19.7. The zero-order chi connectivity index (χ0) is 20.5. The van der Waals surface area contributed by atoms with Crippen molar-refractivity contribution in [2.75, 3.05) is 18.4 Å². The molecule has 4 heterocycles. The molecule has 1 aromatic rings. The Hall–Kier alpha value is -2.61. The molecule has 154 valence electrons. The summed E-state index contributed by atoms with van der Waals surface area (Å²) in [6.45, 7) is 5.06. The predicted octanol–water partition coefficient (Wildman–Crippen LogP) is 2.55. The molecule has 1 saturated heterocycles. The van der Waals surface area contributed by atoms with E-state index in [1.54, 1.807) is 12.4 Å². The third kappa shape index (κ3) is 4.07. The van der Waals surface area contributed by atoms with Crippen LogP contribution in [0.15, 0.2) is 35.3 Å². The lowest BCUT2D eigenvalue weighted by Crippen LogP contribution is -2.46. The normalized spacial score (nSPS) is 23.5. The van der Waals surface area contributed by atoms with Crippen molar-refractivity contribution in [2.45, 2.75) is 38.9 Å². The molecule has 3 N–H and O–H groups in total. The van der Waals surface area contributed by atoms with E-state index in [1.165, 1.54) is 6.20 Å². The summed E-state index contributed by atoms with van der Waals surface area (Å²) in [7, 11) is 0. The molecular weight excluding hydrogens is 395 g/mol. The number of rotatable bonds is 4. The van der Waals surface area contributed by atoms with Crippen molar-refractivity contribution in [3.05, 3.63) is 46.9 Å². The van der Waals surface area contributed by atoms with E-state index in [0.29, 0.717) is 17.4 Å². The van der Waals surface area contributed by atoms with Gasteiger partial charge in [-0.25, -0.2) is 14.4 Å². The first-order chi connectivity index (χ1) is 13.9. The maximum atomic E-state index is 14.4. The Balaban J connectivity index is 1.52. The molecule has 0 aliphatic carbocycles. The zero-order valence-electron chi connectivity index (χ0n) is 16.4. The van der Waals surface area contributed by atoms with Crippen molar-refractivity contribution in [3.63, 3.8) is 0 Å². The van der Waals surface area contributed by atoms with E-state index in [-0.39, 0.29) is 29.9 Å². The highest BCUT2D eigenvalue weighted by molar-refractivity contribution is 6.31. The average molecular weight is 419 g/mol. The number of fused-ring (bicyclic) bond motifs is 1. The van der Waals surface area contributed by atoms with Gasteiger partial charge in [0.1, 0.15) is 6.17 Å². The Morgan fingerprint density at radius 1 is 1.38 bits per heavy atom. The molecule has 3 aliphatic rings. The van der Waals surface area contributed by atoms with Crippen molar-refractivity contribution in [1.29, 1.82) is 0 Å². The van der Waals surface area contributed by atoms with Gasteiger partial charge in [-0.3, -0.25) is 4.79 Å². The molecule has 1 aromatic heterocycles. The second kappa shape index (κ2) is 8.02. The number of hydrogen-bond acceptors (Lipinski definition) is 6. The summed E-state index contributed by atoms with van der Waals surface area (Å²) in [5, 5.41) is 10.1. The minimum atomic E-state index is -0.516. The molecular formula is C20H24ClFN6O. The van der Waals surface area contributed by atoms with E-state index >= 15 is 0 Å². The number of nitrogens with zero attached hydrogens (tertiary/aromatic N) is 3. The topological polar surface area (TPSA) is 82.2 Å². The molecule has 0 saturated carbocycles. The minimum absolute atomic E-state index is 0.0517. The van der Waals surface area contributed by atoms with Crippen molar-refractivity contribution in [3.8, 4) is 0 Å². The van der Waals surface area contributed by atoms with Gasteiger partial charge in [0.2, 0.25) is 5.91 Å². The van der Waals surface area contributed by atoms with Crippen molar-refractivity contribution >= 4 is 28.9 Å². The van der Waals surface area contributed by atoms with Gasteiger partial charge in [-0.2, -0.15) is 0 Å². The number of halogens is 2. The molecule has 4 rings (SSSR count). The van der Waals surface area contributed by atoms with E-state index in [4.69, 9.17) is 11.6 Å². The van der Waals surface area contributed by atoms with Crippen molar-refractivity contribution < 1.29 is 9.18 Å². The van der Waals surface area contributed by atoms with Crippen LogP contribution in [0.4, 0.5) is 10.2 Å². The van der Waals surface area contributed by atoms with Crippen LogP contribution in [0.3, 0.4) is 0 Å². The fraction of sp³-hybridized carbons (Fsp3) is 0.450. The number of aromatic nitrogens is 2. The van der Waals surface area contributed by atoms with Gasteiger partial charge in [-0.1, -0.05) is 25.4 Å². The summed E-state index contributed by atoms with van der Waals surface area (Å²) < 4.78 is 14.4. The quantitative estimate of drug-likeness (QED) is 0.697. The van der Waals surface area contributed by atoms with Gasteiger partial charge in [0.25, 0.3) is 0 Å². The lowest BCUT2D eigenvalue weighted by molar-refractivity contribution is -0.135. The van der Waals surface area contributed by atoms with Gasteiger partial charge in [-0.05, 0) is 18.9 Å². The van der Waals surface area contributed by atoms with E-state index < -0.39 is 5.82 Å². The third-order valence-corrected chi connectivity index (χ3v) is 5.47. The number of anilines is 1. The highest BCUT2D eigenvalue weighted by atomic mass is 35.5. The summed E-state index contributed by atoms with van der Waals surface area (Å²) in [6, 6.07) is -0.0555. The molecule has 9 heteroatoms. The third-order valence-electron chi connectivity index (χ3n) is 5.25. The van der Waals surface area contributed by atoms with Gasteiger partial charge < -0.3 is 20.9 Å². The molecule has 2 atom stereocenters. The molecule has 0 aromatic carbocycles. The molecule has 0 spiro atoms. The summed E-state index contributed by atoms with van der Waals surface area (Å²) in [6.07, 6.45) is 8.14. The van der Waals surface area contributed by atoms with Crippen LogP contribution in [0.25, 0.3) is 5.57 Å². The molecule has 0 radical (unpaired) electrons. The molecule has 29 heavy (non-hydrogen) atoms. The van der Waals surface area contributed by atoms with Crippen molar-refractivity contribution in [2.24, 2.45) is 5.92 Å². The average Bonchev–Trinajstić information content (AvgIpc) is 3.12. The van der Waals surface area contributed by atoms with Gasteiger partial charge in [-0.15, -0.1) is 0 Å². The Bertz CT molecular complexity index is 912. The number of likely N-dealkylation sites (tertiary alicyclic amines) is 1. The van der Waals surface area contributed by atoms with Crippen LogP contribution in [-0.2, 0) is 4.79 Å². The largest absolute Gasteiger partial charge is 0.367 e. The second-order valence-electron chi connectivity index (χ2n) is 7.77. The maximum absolute atomic E-state index is 14.4. The number of allylic oxidation sites excluding steroid dienone is 2. The first-order valence-corrected chi connectivity index (χ1v) is 10.2. The van der Waals surface area contributed by atoms with Crippen LogP contribution >= 0.6 is 11.6 Å². The summed E-state index contributed by atoms with van der Waals surface area (Å²) >= 11 is 6.10. The summed E-state index contributed by atoms with van der Waals surface area (Å²) in [4.78, 5) is 22.7. The fourth-order valence-electron chi connectivity index (χ4n) is 3.79. The zero-order valence-corrected chi connectivity index (χ0v) is 17.1. The number of piperidine rings is 1. The van der Waals surface area contributed by atoms with Crippen LogP contribution in [0, 0.1) is 11.7 Å². The smallest absolute Gasteiger partial charge is 0.225 e. The summed E-state index contributed by atoms with van der Waals surface area (Å²) in [5.74, 6) is 0.112. The Morgan fingerprint density at radius 2 is 2.17 bits per heavy atom. The van der Waals surface area contributed by atoms with Crippen molar-refractivity contribution in [1.82, 2.24) is 25.5 Å². The Labute approximate surface area is 174 Å². The Morgan fingerprint density at radius 3 is 2.97 bits per heavy atom. The molecule has 7 nitrogen and oxygen atoms in total. The number of nitrogens with one attached hydrogen (secondary N) is 3. The van der Waals surface area contributed by atoms with E-state index in [2.05, 4.69) is 25.9 Å². The minimum Gasteiger partial charge on any atom is -0.367 e. The maximum Gasteiger partial charge on any atom is 0.225 e. The lowest BCUT2D eigenvalue weighted by Gasteiger charge is -2.34. The number of dihydropyridines is 1. The van der Waals surface area contributed by atoms with Crippen LogP contribution in [0.2, 0.25) is 0 Å². The lowest BCUT2D eigenvalue weighted by atomic mass is 10.0. The molecule has 1 amide bonds. The monoisotopic (exact) mass is 418 g/mol. The van der Waals surface area contributed by atoms with E-state index in [1.807, 2.05) is 24.8 Å². The van der Waals surface area contributed by atoms with Crippen LogP contribution in [-0.4, -0.2) is 46.1 Å². The van der Waals surface area contributed by atoms with Crippen LogP contribution in [0.1, 0.15) is 32.5 Å². The fourth-order valence-corrected chi connectivity index (χ4v) is 3.97. The standard InChI is InChI=1S/C20H24ClFN6O/c1-11(2)20(29)28-5-3-4-13(10-28)26-19-16(22)9-25-18(27-19)15-8-24-17-14(15)6-12(21)7-23-17/h6-9,11,13,17,23-24H,3-5,10H2,1-2H3,(H,25,26,27)/t13-,17?/m0/s1. The molecule has 1 unspecified atom stereocenters. The van der Waals surface area contributed by atoms with Gasteiger partial charge >= 0.3 is 0 Å². The molecule has 0 bridgehead atoms. The molecule has 3 aliphatic heterocycles. The highest BCUT2D eigenvalue weighted by Crippen LogP contribution is 2.31. The number of carbonyl (C=O) groups is 1. The van der Waals surface area contributed by atoms with E-state index in [0.717, 1.165) is 30.5 Å². The highest BCUT2D eigenvalue weighted by Gasteiger charge is 2.29. The van der Waals surface area contributed by atoms with Gasteiger partial charge in [0, 0.05) is 48.6 Å². The van der Waals surface area contributed by atoms with Gasteiger partial charge in [0.05, 0.1) is 11.2 Å². The number of amides is 1. The summed E-state index contributed by atoms with van der Waals surface area (Å²) in [5.41, 5.74) is 1.67.